The number of carbonyl (C=O) groups is 2. The molecule has 3 aromatic carbocycles. The molecule has 2 heterocycles. The van der Waals surface area contributed by atoms with Gasteiger partial charge in [0, 0.05) is 16.7 Å². The molecule has 0 aromatic heterocycles. The van der Waals surface area contributed by atoms with Gasteiger partial charge in [-0.2, -0.15) is 0 Å². The summed E-state index contributed by atoms with van der Waals surface area (Å²) >= 11 is 7.24. The lowest BCUT2D eigenvalue weighted by Gasteiger charge is -2.14. The van der Waals surface area contributed by atoms with Crippen molar-refractivity contribution in [2.45, 2.75) is 20.1 Å². The van der Waals surface area contributed by atoms with Gasteiger partial charge in [-0.1, -0.05) is 59.6 Å². The summed E-state index contributed by atoms with van der Waals surface area (Å²) < 4.78 is 16.7. The number of carbonyl (C=O) groups excluding carboxylic acids is 2. The minimum absolute atomic E-state index is 0.0446. The number of aryl methyl sites for hydroxylation is 1. The number of hydrogen-bond acceptors (Lipinski definition) is 6. The highest BCUT2D eigenvalue weighted by atomic mass is 35.5. The molecule has 172 valence electrons. The molecule has 0 unspecified atom stereocenters. The SMILES string of the molecule is Cc1cccc(COc2ccccc2/C=C2/SC(=O)N(Cc3cc4c(cc3Cl)OCO4)C2=O)c1. The van der Waals surface area contributed by atoms with Crippen LogP contribution in [-0.2, 0) is 17.9 Å². The lowest BCUT2D eigenvalue weighted by Crippen LogP contribution is -2.27. The Morgan fingerprint density at radius 1 is 1.06 bits per heavy atom. The molecule has 0 bridgehead atoms. The van der Waals surface area contributed by atoms with Gasteiger partial charge in [0.15, 0.2) is 11.5 Å². The van der Waals surface area contributed by atoms with Crippen molar-refractivity contribution < 1.29 is 23.8 Å². The molecule has 8 heteroatoms. The molecule has 0 aliphatic carbocycles. The van der Waals surface area contributed by atoms with E-state index in [2.05, 4.69) is 6.07 Å². The molecule has 1 fully saturated rings. The molecule has 3 aromatic rings. The predicted octanol–water partition coefficient (Wildman–Crippen LogP) is 6.19. The van der Waals surface area contributed by atoms with Gasteiger partial charge in [-0.15, -0.1) is 0 Å². The Kier molecular flexibility index (Phi) is 6.22. The van der Waals surface area contributed by atoms with E-state index in [1.54, 1.807) is 18.2 Å². The first-order valence-electron chi connectivity index (χ1n) is 10.6. The van der Waals surface area contributed by atoms with E-state index in [-0.39, 0.29) is 24.5 Å². The molecular formula is C26H20ClNO5S. The third kappa shape index (κ3) is 4.62. The Hall–Kier alpha value is -3.42. The zero-order valence-electron chi connectivity index (χ0n) is 18.2. The zero-order chi connectivity index (χ0) is 23.7. The molecule has 0 saturated carbocycles. The maximum Gasteiger partial charge on any atom is 0.293 e. The maximum atomic E-state index is 13.1. The van der Waals surface area contributed by atoms with Crippen LogP contribution in [0, 0.1) is 6.92 Å². The summed E-state index contributed by atoms with van der Waals surface area (Å²) in [5, 5.41) is 0.0466. The van der Waals surface area contributed by atoms with Gasteiger partial charge < -0.3 is 14.2 Å². The fraction of sp³-hybridized carbons (Fsp3) is 0.154. The van der Waals surface area contributed by atoms with Crippen LogP contribution in [0.25, 0.3) is 6.08 Å². The molecule has 2 aliphatic rings. The second kappa shape index (κ2) is 9.44. The third-order valence-electron chi connectivity index (χ3n) is 5.43. The van der Waals surface area contributed by atoms with Gasteiger partial charge >= 0.3 is 0 Å². The van der Waals surface area contributed by atoms with Crippen molar-refractivity contribution in [3.63, 3.8) is 0 Å². The van der Waals surface area contributed by atoms with Gasteiger partial charge in [0.1, 0.15) is 12.4 Å². The number of hydrogen-bond donors (Lipinski definition) is 0. The number of benzene rings is 3. The Labute approximate surface area is 206 Å². The van der Waals surface area contributed by atoms with Crippen LogP contribution in [0.4, 0.5) is 4.79 Å². The minimum atomic E-state index is -0.378. The van der Waals surface area contributed by atoms with Crippen molar-refractivity contribution in [1.29, 1.82) is 0 Å². The standard InChI is InChI=1S/C26H20ClNO5S/c1-16-5-4-6-17(9-16)14-31-21-8-3-2-7-18(21)11-24-25(29)28(26(30)34-24)13-19-10-22-23(12-20(19)27)33-15-32-22/h2-12H,13-15H2,1H3/b24-11+. The fourth-order valence-electron chi connectivity index (χ4n) is 3.72. The molecule has 0 spiro atoms. The van der Waals surface area contributed by atoms with Gasteiger partial charge in [0.05, 0.1) is 11.4 Å². The van der Waals surface area contributed by atoms with Crippen LogP contribution < -0.4 is 14.2 Å². The number of ether oxygens (including phenoxy) is 3. The molecular weight excluding hydrogens is 474 g/mol. The van der Waals surface area contributed by atoms with Gasteiger partial charge in [0.2, 0.25) is 6.79 Å². The van der Waals surface area contributed by atoms with Crippen LogP contribution in [0.2, 0.25) is 5.02 Å². The van der Waals surface area contributed by atoms with Gasteiger partial charge in [-0.25, -0.2) is 0 Å². The van der Waals surface area contributed by atoms with E-state index in [0.29, 0.717) is 39.3 Å². The Morgan fingerprint density at radius 3 is 2.68 bits per heavy atom. The average molecular weight is 494 g/mol. The van der Waals surface area contributed by atoms with Crippen molar-refractivity contribution in [3.05, 3.63) is 92.8 Å². The van der Waals surface area contributed by atoms with Crippen LogP contribution in [0.5, 0.6) is 17.2 Å². The van der Waals surface area contributed by atoms with E-state index >= 15 is 0 Å². The predicted molar refractivity (Wildman–Crippen MR) is 131 cm³/mol. The number of rotatable bonds is 6. The highest BCUT2D eigenvalue weighted by molar-refractivity contribution is 8.18. The molecule has 2 aliphatic heterocycles. The Bertz CT molecular complexity index is 1320. The number of halogens is 1. The fourth-order valence-corrected chi connectivity index (χ4v) is 4.77. The molecule has 6 nitrogen and oxygen atoms in total. The highest BCUT2D eigenvalue weighted by Crippen LogP contribution is 2.39. The average Bonchev–Trinajstić information content (AvgIpc) is 3.37. The zero-order valence-corrected chi connectivity index (χ0v) is 19.8. The quantitative estimate of drug-likeness (QED) is 0.381. The van der Waals surface area contributed by atoms with Crippen molar-refractivity contribution in [1.82, 2.24) is 4.90 Å². The number of amides is 2. The first-order chi connectivity index (χ1) is 16.5. The smallest absolute Gasteiger partial charge is 0.293 e. The molecule has 5 rings (SSSR count). The summed E-state index contributed by atoms with van der Waals surface area (Å²) in [5.41, 5.74) is 3.54. The number of nitrogens with zero attached hydrogens (tertiary/aromatic N) is 1. The molecule has 34 heavy (non-hydrogen) atoms. The summed E-state index contributed by atoms with van der Waals surface area (Å²) in [7, 11) is 0. The van der Waals surface area contributed by atoms with Gasteiger partial charge in [-0.05, 0) is 48.0 Å². The first-order valence-corrected chi connectivity index (χ1v) is 11.8. The number of fused-ring (bicyclic) bond motifs is 1. The molecule has 0 radical (unpaired) electrons. The van der Waals surface area contributed by atoms with E-state index < -0.39 is 0 Å². The largest absolute Gasteiger partial charge is 0.488 e. The number of imide groups is 1. The molecule has 0 N–H and O–H groups in total. The topological polar surface area (TPSA) is 65.1 Å². The van der Waals surface area contributed by atoms with Crippen molar-refractivity contribution in [3.8, 4) is 17.2 Å². The molecule has 1 saturated heterocycles. The lowest BCUT2D eigenvalue weighted by molar-refractivity contribution is -0.123. The van der Waals surface area contributed by atoms with Crippen LogP contribution in [0.15, 0.2) is 65.6 Å². The third-order valence-corrected chi connectivity index (χ3v) is 6.69. The summed E-state index contributed by atoms with van der Waals surface area (Å²) in [4.78, 5) is 27.2. The summed E-state index contributed by atoms with van der Waals surface area (Å²) in [6.07, 6.45) is 1.69. The Balaban J connectivity index is 1.34. The second-order valence-electron chi connectivity index (χ2n) is 7.88. The molecule has 2 amide bonds. The second-order valence-corrected chi connectivity index (χ2v) is 9.28. The summed E-state index contributed by atoms with van der Waals surface area (Å²) in [6.45, 7) is 2.59. The summed E-state index contributed by atoms with van der Waals surface area (Å²) in [5.74, 6) is 1.35. The van der Waals surface area contributed by atoms with Crippen molar-refractivity contribution in [2.24, 2.45) is 0 Å². The van der Waals surface area contributed by atoms with Crippen LogP contribution >= 0.6 is 23.4 Å². The monoisotopic (exact) mass is 493 g/mol. The lowest BCUT2D eigenvalue weighted by atomic mass is 10.1. The maximum absolute atomic E-state index is 13.1. The van der Waals surface area contributed by atoms with Crippen LogP contribution in [-0.4, -0.2) is 22.8 Å². The van der Waals surface area contributed by atoms with Crippen LogP contribution in [0.3, 0.4) is 0 Å². The Morgan fingerprint density at radius 2 is 1.85 bits per heavy atom. The van der Waals surface area contributed by atoms with Gasteiger partial charge in [-0.3, -0.25) is 14.5 Å². The normalized spacial score (nSPS) is 15.9. The number of thioether (sulfide) groups is 1. The minimum Gasteiger partial charge on any atom is -0.488 e. The van der Waals surface area contributed by atoms with E-state index in [1.807, 2.05) is 49.4 Å². The summed E-state index contributed by atoms with van der Waals surface area (Å²) in [6, 6.07) is 18.9. The van der Waals surface area contributed by atoms with Gasteiger partial charge in [0.25, 0.3) is 11.1 Å². The molecule has 0 atom stereocenters. The van der Waals surface area contributed by atoms with Crippen molar-refractivity contribution >= 4 is 40.6 Å². The van der Waals surface area contributed by atoms with E-state index in [0.717, 1.165) is 28.5 Å². The van der Waals surface area contributed by atoms with E-state index in [1.165, 1.54) is 4.90 Å². The van der Waals surface area contributed by atoms with Crippen LogP contribution in [0.1, 0.15) is 22.3 Å². The first kappa shape index (κ1) is 22.4. The van der Waals surface area contributed by atoms with E-state index in [4.69, 9.17) is 25.8 Å². The van der Waals surface area contributed by atoms with E-state index in [9.17, 15) is 9.59 Å². The number of para-hydroxylation sites is 1. The highest BCUT2D eigenvalue weighted by Gasteiger charge is 2.36. The van der Waals surface area contributed by atoms with Crippen molar-refractivity contribution in [2.75, 3.05) is 6.79 Å².